The summed E-state index contributed by atoms with van der Waals surface area (Å²) in [4.78, 5) is 25.1. The van der Waals surface area contributed by atoms with E-state index in [1.54, 1.807) is 6.33 Å². The highest BCUT2D eigenvalue weighted by Gasteiger charge is 2.28. The van der Waals surface area contributed by atoms with Crippen LogP contribution in [0.3, 0.4) is 0 Å². The topological polar surface area (TPSA) is 84.6 Å². The fourth-order valence-electron chi connectivity index (χ4n) is 3.68. The standard InChI is InChI=1S/C21H29N5O2/c1-4-26(17-8-6-7-15(3)13-17)20-18(22)19(23-14-24-20)25-11-9-16(10-12-25)21(27)28-5-2/h6-8,13-14,16H,4-5,9-12,22H2,1-3H3. The summed E-state index contributed by atoms with van der Waals surface area (Å²) in [6.07, 6.45) is 3.05. The van der Waals surface area contributed by atoms with Crippen LogP contribution in [0, 0.1) is 12.8 Å². The molecule has 1 fully saturated rings. The van der Waals surface area contributed by atoms with Crippen molar-refractivity contribution < 1.29 is 9.53 Å². The highest BCUT2D eigenvalue weighted by Crippen LogP contribution is 2.35. The summed E-state index contributed by atoms with van der Waals surface area (Å²) in [5.41, 5.74) is 9.32. The number of aromatic nitrogens is 2. The number of hydrogen-bond donors (Lipinski definition) is 1. The van der Waals surface area contributed by atoms with Crippen molar-refractivity contribution in [3.05, 3.63) is 36.2 Å². The Morgan fingerprint density at radius 1 is 1.29 bits per heavy atom. The van der Waals surface area contributed by atoms with E-state index in [-0.39, 0.29) is 11.9 Å². The summed E-state index contributed by atoms with van der Waals surface area (Å²) in [5, 5.41) is 0. The maximum atomic E-state index is 12.0. The van der Waals surface area contributed by atoms with Crippen LogP contribution >= 0.6 is 0 Å². The van der Waals surface area contributed by atoms with Gasteiger partial charge in [0.15, 0.2) is 11.6 Å². The molecule has 28 heavy (non-hydrogen) atoms. The highest BCUT2D eigenvalue weighted by atomic mass is 16.5. The molecule has 0 unspecified atom stereocenters. The van der Waals surface area contributed by atoms with Crippen LogP contribution in [0.1, 0.15) is 32.3 Å². The molecule has 150 valence electrons. The summed E-state index contributed by atoms with van der Waals surface area (Å²) in [6.45, 7) is 8.60. The summed E-state index contributed by atoms with van der Waals surface area (Å²) in [6, 6.07) is 8.28. The molecule has 2 N–H and O–H groups in total. The fourth-order valence-corrected chi connectivity index (χ4v) is 3.68. The second kappa shape index (κ2) is 8.91. The SMILES string of the molecule is CCOC(=O)C1CCN(c2ncnc(N(CC)c3cccc(C)c3)c2N)CC1. The molecule has 1 aromatic carbocycles. The minimum absolute atomic E-state index is 0.0434. The molecule has 7 nitrogen and oxygen atoms in total. The minimum atomic E-state index is -0.102. The first kappa shape index (κ1) is 19.9. The van der Waals surface area contributed by atoms with Gasteiger partial charge in [0.05, 0.1) is 12.5 Å². The van der Waals surface area contributed by atoms with Gasteiger partial charge >= 0.3 is 5.97 Å². The van der Waals surface area contributed by atoms with E-state index in [1.165, 1.54) is 5.56 Å². The van der Waals surface area contributed by atoms with Crippen LogP contribution < -0.4 is 15.5 Å². The Hall–Kier alpha value is -2.83. The number of carbonyl (C=O) groups excluding carboxylic acids is 1. The molecular formula is C21H29N5O2. The van der Waals surface area contributed by atoms with Crippen molar-refractivity contribution in [1.29, 1.82) is 0 Å². The lowest BCUT2D eigenvalue weighted by Gasteiger charge is -2.33. The monoisotopic (exact) mass is 383 g/mol. The predicted octanol–water partition coefficient (Wildman–Crippen LogP) is 3.30. The summed E-state index contributed by atoms with van der Waals surface area (Å²) < 4.78 is 5.16. The second-order valence-corrected chi connectivity index (χ2v) is 7.03. The third-order valence-corrected chi connectivity index (χ3v) is 5.14. The van der Waals surface area contributed by atoms with Crippen LogP contribution in [0.2, 0.25) is 0 Å². The number of nitrogens with zero attached hydrogens (tertiary/aromatic N) is 4. The smallest absolute Gasteiger partial charge is 0.309 e. The quantitative estimate of drug-likeness (QED) is 0.766. The molecule has 1 saturated heterocycles. The van der Waals surface area contributed by atoms with Crippen LogP contribution in [0.4, 0.5) is 23.0 Å². The van der Waals surface area contributed by atoms with Crippen molar-refractivity contribution in [3.63, 3.8) is 0 Å². The number of rotatable bonds is 6. The molecule has 7 heteroatoms. The Morgan fingerprint density at radius 3 is 2.68 bits per heavy atom. The number of hydrogen-bond acceptors (Lipinski definition) is 7. The normalized spacial score (nSPS) is 14.8. The summed E-state index contributed by atoms with van der Waals surface area (Å²) in [7, 11) is 0. The first-order valence-corrected chi connectivity index (χ1v) is 9.91. The zero-order chi connectivity index (χ0) is 20.1. The van der Waals surface area contributed by atoms with Crippen LogP contribution in [-0.2, 0) is 9.53 Å². The number of benzene rings is 1. The lowest BCUT2D eigenvalue weighted by molar-refractivity contribution is -0.148. The van der Waals surface area contributed by atoms with Gasteiger partial charge in [-0.25, -0.2) is 9.97 Å². The van der Waals surface area contributed by atoms with Crippen molar-refractivity contribution in [3.8, 4) is 0 Å². The van der Waals surface area contributed by atoms with E-state index in [9.17, 15) is 4.79 Å². The third kappa shape index (κ3) is 4.18. The number of nitrogens with two attached hydrogens (primary N) is 1. The molecule has 0 aliphatic carbocycles. The molecule has 0 saturated carbocycles. The number of ether oxygens (including phenoxy) is 1. The van der Waals surface area contributed by atoms with E-state index in [0.29, 0.717) is 18.1 Å². The summed E-state index contributed by atoms with van der Waals surface area (Å²) in [5.74, 6) is 1.30. The van der Waals surface area contributed by atoms with Crippen molar-refractivity contribution >= 4 is 29.0 Å². The molecular weight excluding hydrogens is 354 g/mol. The predicted molar refractivity (Wildman–Crippen MR) is 112 cm³/mol. The largest absolute Gasteiger partial charge is 0.466 e. The van der Waals surface area contributed by atoms with Gasteiger partial charge in [-0.15, -0.1) is 0 Å². The number of carbonyl (C=O) groups is 1. The van der Waals surface area contributed by atoms with Gasteiger partial charge in [-0.1, -0.05) is 12.1 Å². The minimum Gasteiger partial charge on any atom is -0.466 e. The Bertz CT molecular complexity index is 818. The van der Waals surface area contributed by atoms with Crippen LogP contribution in [0.5, 0.6) is 0 Å². The lowest BCUT2D eigenvalue weighted by Crippen LogP contribution is -2.38. The van der Waals surface area contributed by atoms with Gasteiger partial charge in [0, 0.05) is 25.3 Å². The number of piperidine rings is 1. The molecule has 1 aliphatic heterocycles. The maximum Gasteiger partial charge on any atom is 0.309 e. The maximum absolute atomic E-state index is 12.0. The average molecular weight is 383 g/mol. The van der Waals surface area contributed by atoms with Crippen molar-refractivity contribution in [1.82, 2.24) is 9.97 Å². The van der Waals surface area contributed by atoms with Gasteiger partial charge in [-0.05, 0) is 51.3 Å². The zero-order valence-corrected chi connectivity index (χ0v) is 16.9. The van der Waals surface area contributed by atoms with Gasteiger partial charge in [0.25, 0.3) is 0 Å². The molecule has 1 aliphatic rings. The van der Waals surface area contributed by atoms with Crippen LogP contribution in [0.15, 0.2) is 30.6 Å². The molecule has 0 atom stereocenters. The fraction of sp³-hybridized carbons (Fsp3) is 0.476. The average Bonchev–Trinajstić information content (AvgIpc) is 2.70. The van der Waals surface area contributed by atoms with E-state index in [2.05, 4.69) is 51.8 Å². The zero-order valence-electron chi connectivity index (χ0n) is 16.9. The van der Waals surface area contributed by atoms with Crippen molar-refractivity contribution in [2.24, 2.45) is 5.92 Å². The first-order chi connectivity index (χ1) is 13.5. The number of esters is 1. The Labute approximate surface area is 166 Å². The van der Waals surface area contributed by atoms with E-state index < -0.39 is 0 Å². The Morgan fingerprint density at radius 2 is 2.04 bits per heavy atom. The molecule has 0 amide bonds. The van der Waals surface area contributed by atoms with E-state index in [4.69, 9.17) is 10.5 Å². The van der Waals surface area contributed by atoms with Crippen molar-refractivity contribution in [2.75, 3.05) is 41.8 Å². The Kier molecular flexibility index (Phi) is 6.34. The number of nitrogen functional groups attached to an aromatic ring is 1. The first-order valence-electron chi connectivity index (χ1n) is 9.91. The van der Waals surface area contributed by atoms with Gasteiger partial charge in [-0.2, -0.15) is 0 Å². The molecule has 0 spiro atoms. The third-order valence-electron chi connectivity index (χ3n) is 5.14. The van der Waals surface area contributed by atoms with Gasteiger partial charge in [0.1, 0.15) is 12.0 Å². The van der Waals surface area contributed by atoms with E-state index in [0.717, 1.165) is 44.0 Å². The number of aryl methyl sites for hydroxylation is 1. The van der Waals surface area contributed by atoms with Crippen molar-refractivity contribution in [2.45, 2.75) is 33.6 Å². The van der Waals surface area contributed by atoms with Crippen LogP contribution in [-0.4, -0.2) is 42.2 Å². The molecule has 0 radical (unpaired) electrons. The van der Waals surface area contributed by atoms with E-state index in [1.807, 2.05) is 13.0 Å². The van der Waals surface area contributed by atoms with Gasteiger partial charge < -0.3 is 20.3 Å². The molecule has 2 aromatic rings. The van der Waals surface area contributed by atoms with Crippen LogP contribution in [0.25, 0.3) is 0 Å². The Balaban J connectivity index is 1.81. The van der Waals surface area contributed by atoms with Gasteiger partial charge in [0.2, 0.25) is 0 Å². The molecule has 3 rings (SSSR count). The molecule has 2 heterocycles. The van der Waals surface area contributed by atoms with Gasteiger partial charge in [-0.3, -0.25) is 4.79 Å². The summed E-state index contributed by atoms with van der Waals surface area (Å²) >= 11 is 0. The highest BCUT2D eigenvalue weighted by molar-refractivity contribution is 5.80. The number of anilines is 4. The lowest BCUT2D eigenvalue weighted by atomic mass is 9.97. The molecule has 0 bridgehead atoms. The van der Waals surface area contributed by atoms with E-state index >= 15 is 0 Å². The molecule has 1 aromatic heterocycles. The second-order valence-electron chi connectivity index (χ2n) is 7.03.